The van der Waals surface area contributed by atoms with Gasteiger partial charge in [-0.25, -0.2) is 9.97 Å². The summed E-state index contributed by atoms with van der Waals surface area (Å²) in [5.74, 6) is 0.0707. The molecule has 1 N–H and O–H groups in total. The molecule has 0 fully saturated rings. The average molecular weight is 268 g/mol. The molecule has 0 aliphatic carbocycles. The smallest absolute Gasteiger partial charge is 0.256 e. The minimum absolute atomic E-state index is 0.0823. The predicted octanol–water partition coefficient (Wildman–Crippen LogP) is 3.04. The van der Waals surface area contributed by atoms with Crippen molar-refractivity contribution in [1.29, 1.82) is 0 Å². The van der Waals surface area contributed by atoms with Gasteiger partial charge in [0.15, 0.2) is 0 Å². The van der Waals surface area contributed by atoms with Gasteiger partial charge in [-0.15, -0.1) is 0 Å². The van der Waals surface area contributed by atoms with Gasteiger partial charge in [0.1, 0.15) is 5.82 Å². The van der Waals surface area contributed by atoms with Crippen LogP contribution in [0.25, 0.3) is 0 Å². The Morgan fingerprint density at radius 1 is 1.12 bits per heavy atom. The van der Waals surface area contributed by atoms with Crippen molar-refractivity contribution in [3.05, 3.63) is 52.4 Å². The van der Waals surface area contributed by atoms with Crippen molar-refractivity contribution < 1.29 is 4.79 Å². The summed E-state index contributed by atoms with van der Waals surface area (Å²) >= 11 is 11.3. The van der Waals surface area contributed by atoms with Crippen molar-refractivity contribution in [2.24, 2.45) is 0 Å². The summed E-state index contributed by atoms with van der Waals surface area (Å²) < 4.78 is 0. The van der Waals surface area contributed by atoms with E-state index in [1.807, 2.05) is 0 Å². The lowest BCUT2D eigenvalue weighted by atomic mass is 10.2. The fraction of sp³-hybridized carbons (Fsp3) is 0. The zero-order valence-electron chi connectivity index (χ0n) is 8.52. The van der Waals surface area contributed by atoms with Crippen LogP contribution in [0.1, 0.15) is 10.4 Å². The molecule has 1 heterocycles. The van der Waals surface area contributed by atoms with Gasteiger partial charge in [0.25, 0.3) is 5.91 Å². The normalized spacial score (nSPS) is 10.0. The molecular formula is C11H7Cl2N3O. The number of anilines is 1. The molecule has 6 heteroatoms. The molecule has 17 heavy (non-hydrogen) atoms. The topological polar surface area (TPSA) is 54.9 Å². The first-order valence-corrected chi connectivity index (χ1v) is 5.46. The third-order valence-electron chi connectivity index (χ3n) is 1.97. The lowest BCUT2D eigenvalue weighted by Crippen LogP contribution is -2.12. The van der Waals surface area contributed by atoms with E-state index in [1.165, 1.54) is 6.20 Å². The third-order valence-corrected chi connectivity index (χ3v) is 2.41. The first-order valence-electron chi connectivity index (χ1n) is 4.70. The molecule has 2 rings (SSSR count). The predicted molar refractivity (Wildman–Crippen MR) is 66.4 cm³/mol. The van der Waals surface area contributed by atoms with Crippen LogP contribution in [-0.4, -0.2) is 15.9 Å². The van der Waals surface area contributed by atoms with Gasteiger partial charge in [-0.05, 0) is 41.9 Å². The number of halogens is 2. The summed E-state index contributed by atoms with van der Waals surface area (Å²) in [7, 11) is 0. The Kier molecular flexibility index (Phi) is 3.56. The Balaban J connectivity index is 2.14. The van der Waals surface area contributed by atoms with E-state index in [0.717, 1.165) is 0 Å². The van der Waals surface area contributed by atoms with E-state index in [-0.39, 0.29) is 11.2 Å². The SMILES string of the molecule is O=C(Nc1ccnc(Cl)n1)c1ccc(Cl)cc1. The number of benzene rings is 1. The van der Waals surface area contributed by atoms with Gasteiger partial charge >= 0.3 is 0 Å². The molecular weight excluding hydrogens is 261 g/mol. The van der Waals surface area contributed by atoms with Gasteiger partial charge in [-0.2, -0.15) is 0 Å². The fourth-order valence-electron chi connectivity index (χ4n) is 1.19. The van der Waals surface area contributed by atoms with E-state index in [9.17, 15) is 4.79 Å². The second-order valence-electron chi connectivity index (χ2n) is 3.17. The van der Waals surface area contributed by atoms with E-state index < -0.39 is 0 Å². The van der Waals surface area contributed by atoms with Crippen LogP contribution in [0.4, 0.5) is 5.82 Å². The summed E-state index contributed by atoms with van der Waals surface area (Å²) in [6.07, 6.45) is 1.47. The number of amides is 1. The largest absolute Gasteiger partial charge is 0.306 e. The van der Waals surface area contributed by atoms with Gasteiger partial charge in [-0.3, -0.25) is 4.79 Å². The molecule has 0 aliphatic rings. The first kappa shape index (κ1) is 11.8. The van der Waals surface area contributed by atoms with E-state index in [2.05, 4.69) is 15.3 Å². The highest BCUT2D eigenvalue weighted by atomic mass is 35.5. The maximum Gasteiger partial charge on any atom is 0.256 e. The molecule has 1 aromatic carbocycles. The van der Waals surface area contributed by atoms with Gasteiger partial charge in [0, 0.05) is 16.8 Å². The quantitative estimate of drug-likeness (QED) is 0.851. The van der Waals surface area contributed by atoms with Crippen LogP contribution >= 0.6 is 23.2 Å². The standard InChI is InChI=1S/C11H7Cl2N3O/c12-8-3-1-7(2-4-8)10(17)15-9-5-6-14-11(13)16-9/h1-6H,(H,14,15,16,17). The van der Waals surface area contributed by atoms with Crippen LogP contribution in [-0.2, 0) is 0 Å². The summed E-state index contributed by atoms with van der Waals surface area (Å²) in [4.78, 5) is 19.3. The van der Waals surface area contributed by atoms with Crippen molar-refractivity contribution in [1.82, 2.24) is 9.97 Å². The summed E-state index contributed by atoms with van der Waals surface area (Å²) in [5.41, 5.74) is 0.490. The fourth-order valence-corrected chi connectivity index (χ4v) is 1.47. The molecule has 0 radical (unpaired) electrons. The number of carbonyl (C=O) groups excluding carboxylic acids is 1. The van der Waals surface area contributed by atoms with E-state index in [1.54, 1.807) is 30.3 Å². The summed E-state index contributed by atoms with van der Waals surface area (Å²) in [5, 5.41) is 3.26. The Morgan fingerprint density at radius 3 is 2.47 bits per heavy atom. The molecule has 86 valence electrons. The number of hydrogen-bond donors (Lipinski definition) is 1. The van der Waals surface area contributed by atoms with E-state index in [4.69, 9.17) is 23.2 Å². The summed E-state index contributed by atoms with van der Waals surface area (Å²) in [6, 6.07) is 8.09. The molecule has 2 aromatic rings. The zero-order valence-corrected chi connectivity index (χ0v) is 10.0. The zero-order chi connectivity index (χ0) is 12.3. The molecule has 0 bridgehead atoms. The Bertz CT molecular complexity index is 543. The van der Waals surface area contributed by atoms with Gasteiger partial charge < -0.3 is 5.32 Å². The molecule has 0 unspecified atom stereocenters. The number of hydrogen-bond acceptors (Lipinski definition) is 3. The highest BCUT2D eigenvalue weighted by Crippen LogP contribution is 2.12. The molecule has 0 spiro atoms. The van der Waals surface area contributed by atoms with Crippen molar-refractivity contribution >= 4 is 34.9 Å². The number of nitrogens with zero attached hydrogens (tertiary/aromatic N) is 2. The van der Waals surface area contributed by atoms with Crippen LogP contribution in [0.15, 0.2) is 36.5 Å². The molecule has 4 nitrogen and oxygen atoms in total. The lowest BCUT2D eigenvalue weighted by molar-refractivity contribution is 0.102. The van der Waals surface area contributed by atoms with Crippen LogP contribution < -0.4 is 5.32 Å². The molecule has 0 saturated heterocycles. The lowest BCUT2D eigenvalue weighted by Gasteiger charge is -2.04. The van der Waals surface area contributed by atoms with Crippen molar-refractivity contribution in [3.63, 3.8) is 0 Å². The minimum atomic E-state index is -0.281. The van der Waals surface area contributed by atoms with Crippen LogP contribution in [0.2, 0.25) is 10.3 Å². The van der Waals surface area contributed by atoms with E-state index in [0.29, 0.717) is 16.4 Å². The third kappa shape index (κ3) is 3.15. The first-order chi connectivity index (χ1) is 8.15. The van der Waals surface area contributed by atoms with Gasteiger partial charge in [-0.1, -0.05) is 11.6 Å². The Labute approximate surface area is 108 Å². The molecule has 0 saturated carbocycles. The number of carbonyl (C=O) groups is 1. The minimum Gasteiger partial charge on any atom is -0.306 e. The number of aromatic nitrogens is 2. The second kappa shape index (κ2) is 5.12. The summed E-state index contributed by atoms with van der Waals surface area (Å²) in [6.45, 7) is 0. The van der Waals surface area contributed by atoms with Crippen molar-refractivity contribution in [3.8, 4) is 0 Å². The van der Waals surface area contributed by atoms with Crippen LogP contribution in [0.5, 0.6) is 0 Å². The Morgan fingerprint density at radius 2 is 1.82 bits per heavy atom. The molecule has 0 aliphatic heterocycles. The number of rotatable bonds is 2. The van der Waals surface area contributed by atoms with Gasteiger partial charge in [0.05, 0.1) is 0 Å². The molecule has 1 amide bonds. The second-order valence-corrected chi connectivity index (χ2v) is 3.95. The monoisotopic (exact) mass is 267 g/mol. The van der Waals surface area contributed by atoms with Crippen molar-refractivity contribution in [2.45, 2.75) is 0 Å². The average Bonchev–Trinajstić information content (AvgIpc) is 2.29. The van der Waals surface area contributed by atoms with Gasteiger partial charge in [0.2, 0.25) is 5.28 Å². The number of nitrogens with one attached hydrogen (secondary N) is 1. The Hall–Kier alpha value is -1.65. The van der Waals surface area contributed by atoms with Crippen molar-refractivity contribution in [2.75, 3.05) is 5.32 Å². The maximum absolute atomic E-state index is 11.8. The highest BCUT2D eigenvalue weighted by Gasteiger charge is 2.06. The maximum atomic E-state index is 11.8. The van der Waals surface area contributed by atoms with Crippen LogP contribution in [0.3, 0.4) is 0 Å². The highest BCUT2D eigenvalue weighted by molar-refractivity contribution is 6.30. The molecule has 0 atom stereocenters. The molecule has 1 aromatic heterocycles. The van der Waals surface area contributed by atoms with Crippen LogP contribution in [0, 0.1) is 0 Å². The van der Waals surface area contributed by atoms with E-state index >= 15 is 0 Å².